The summed E-state index contributed by atoms with van der Waals surface area (Å²) in [7, 11) is 0. The smallest absolute Gasteiger partial charge is 0.0616 e. The maximum absolute atomic E-state index is 10.1. The van der Waals surface area contributed by atoms with Gasteiger partial charge in [-0.1, -0.05) is 182 Å². The van der Waals surface area contributed by atoms with E-state index in [-0.39, 0.29) is 53.1 Å². The Morgan fingerprint density at radius 3 is 1.48 bits per heavy atom. The van der Waals surface area contributed by atoms with E-state index >= 15 is 0 Å². The van der Waals surface area contributed by atoms with Gasteiger partial charge in [-0.25, -0.2) is 0 Å². The zero-order chi connectivity index (χ0) is 39.1. The lowest BCUT2D eigenvalue weighted by Gasteiger charge is -2.19. The predicted molar refractivity (Wildman–Crippen MR) is 216 cm³/mol. The number of hydrogen-bond donors (Lipinski definition) is 0. The Balaban J connectivity index is 1.40. The van der Waals surface area contributed by atoms with Crippen molar-refractivity contribution in [2.45, 2.75) is 0 Å². The number of hydrogen-bond acceptors (Lipinski definition) is 0. The minimum atomic E-state index is -0.387. The SMILES string of the molecule is [2H]c1c([2H])c([2H])c2c(-c3ccc(-c4cccc5ccccc45)cc3)c3c([2H])c(-c4cccc5ccccc45)c([2H])c([2H])c3c(-c3ccc4ccccc4c3)c2c1[2H]. The van der Waals surface area contributed by atoms with Crippen molar-refractivity contribution in [2.24, 2.45) is 0 Å². The van der Waals surface area contributed by atoms with Crippen molar-refractivity contribution >= 4 is 53.9 Å². The molecular weight excluding hydrogens is 601 g/mol. The van der Waals surface area contributed by atoms with Crippen LogP contribution in [-0.2, 0) is 0 Å². The van der Waals surface area contributed by atoms with Crippen molar-refractivity contribution < 1.29 is 9.60 Å². The third kappa shape index (κ3) is 4.61. The fourth-order valence-corrected chi connectivity index (χ4v) is 7.51. The van der Waals surface area contributed by atoms with E-state index in [1.165, 1.54) is 0 Å². The van der Waals surface area contributed by atoms with Gasteiger partial charge in [-0.15, -0.1) is 0 Å². The Bertz CT molecular complexity index is 3300. The highest BCUT2D eigenvalue weighted by atomic mass is 14.2. The fraction of sp³-hybridized carbons (Fsp3) is 0. The number of fused-ring (bicyclic) bond motifs is 5. The molecule has 0 heterocycles. The van der Waals surface area contributed by atoms with Gasteiger partial charge in [0.2, 0.25) is 0 Å². The molecule has 10 rings (SSSR count). The molecule has 0 nitrogen and oxygen atoms in total. The quantitative estimate of drug-likeness (QED) is 0.168. The van der Waals surface area contributed by atoms with E-state index < -0.39 is 0 Å². The van der Waals surface area contributed by atoms with Crippen molar-refractivity contribution in [3.63, 3.8) is 0 Å². The van der Waals surface area contributed by atoms with E-state index in [0.717, 1.165) is 43.4 Å². The molecule has 0 aliphatic rings. The molecule has 0 spiro atoms. The molecule has 0 aliphatic carbocycles. The fourth-order valence-electron chi connectivity index (χ4n) is 7.51. The minimum Gasteiger partial charge on any atom is -0.0616 e. The number of rotatable bonds is 4. The van der Waals surface area contributed by atoms with Crippen LogP contribution in [0.5, 0.6) is 0 Å². The van der Waals surface area contributed by atoms with Crippen LogP contribution >= 0.6 is 0 Å². The third-order valence-corrected chi connectivity index (χ3v) is 9.87. The lowest BCUT2D eigenvalue weighted by atomic mass is 9.84. The molecule has 0 atom stereocenters. The Hall–Kier alpha value is -6.50. The second kappa shape index (κ2) is 11.6. The van der Waals surface area contributed by atoms with Gasteiger partial charge < -0.3 is 0 Å². The summed E-state index contributed by atoms with van der Waals surface area (Å²) in [4.78, 5) is 0. The van der Waals surface area contributed by atoms with Crippen LogP contribution in [0, 0.1) is 0 Å². The van der Waals surface area contributed by atoms with Crippen molar-refractivity contribution in [1.29, 1.82) is 0 Å². The van der Waals surface area contributed by atoms with E-state index in [1.54, 1.807) is 0 Å². The molecule has 0 bridgehead atoms. The molecule has 50 heavy (non-hydrogen) atoms. The molecule has 0 N–H and O–H groups in total. The molecule has 10 aromatic rings. The Morgan fingerprint density at radius 1 is 0.300 bits per heavy atom. The van der Waals surface area contributed by atoms with Crippen molar-refractivity contribution in [2.75, 3.05) is 0 Å². The van der Waals surface area contributed by atoms with Gasteiger partial charge in [-0.05, 0) is 110 Å². The van der Waals surface area contributed by atoms with Crippen LogP contribution in [0.1, 0.15) is 9.60 Å². The molecule has 0 unspecified atom stereocenters. The van der Waals surface area contributed by atoms with Crippen LogP contribution in [0.2, 0.25) is 0 Å². The largest absolute Gasteiger partial charge is 0.0636 e. The standard InChI is InChI=1S/C50H32/c1-2-14-38-31-40(28-23-33(38)11-1)50-46-20-8-7-19-45(46)49(37-26-24-36(25-27-37)43-21-9-15-34-12-3-5-17-41(34)43)48-32-39(29-30-47(48)50)44-22-10-16-35-13-4-6-18-42(35)44/h1-32H/i7D,8D,19D,20D,29D,30D,32D. The second-order valence-electron chi connectivity index (χ2n) is 12.7. The predicted octanol–water partition coefficient (Wildman–Crippen LogP) is 14.1. The lowest BCUT2D eigenvalue weighted by molar-refractivity contribution is 1.63. The summed E-state index contributed by atoms with van der Waals surface area (Å²) in [5.74, 6) is 0. The first-order valence-electron chi connectivity index (χ1n) is 20.3. The van der Waals surface area contributed by atoms with Crippen LogP contribution in [0.15, 0.2) is 194 Å². The Labute approximate surface area is 301 Å². The second-order valence-corrected chi connectivity index (χ2v) is 12.7. The molecule has 0 saturated carbocycles. The molecule has 0 saturated heterocycles. The highest BCUT2D eigenvalue weighted by molar-refractivity contribution is 6.22. The average Bonchev–Trinajstić information content (AvgIpc) is 3.25. The van der Waals surface area contributed by atoms with Gasteiger partial charge in [0.05, 0.1) is 9.60 Å². The average molecular weight is 640 g/mol. The summed E-state index contributed by atoms with van der Waals surface area (Å²) in [6.07, 6.45) is 0. The van der Waals surface area contributed by atoms with Gasteiger partial charge in [0, 0.05) is 0 Å². The maximum Gasteiger partial charge on any atom is 0.0636 e. The molecule has 232 valence electrons. The van der Waals surface area contributed by atoms with E-state index in [1.807, 2.05) is 127 Å². The molecular formula is C50H32. The van der Waals surface area contributed by atoms with Gasteiger partial charge >= 0.3 is 0 Å². The highest BCUT2D eigenvalue weighted by Gasteiger charge is 2.18. The highest BCUT2D eigenvalue weighted by Crippen LogP contribution is 2.46. The van der Waals surface area contributed by atoms with Crippen LogP contribution in [0.4, 0.5) is 0 Å². The molecule has 10 aromatic carbocycles. The van der Waals surface area contributed by atoms with Crippen LogP contribution in [0.3, 0.4) is 0 Å². The molecule has 0 aliphatic heterocycles. The summed E-state index contributed by atoms with van der Waals surface area (Å²) in [6, 6.07) is 48.2. The lowest BCUT2D eigenvalue weighted by Crippen LogP contribution is -1.92. The summed E-state index contributed by atoms with van der Waals surface area (Å²) in [5.41, 5.74) is 5.08. The molecule has 0 aromatic heterocycles. The number of benzene rings is 10. The van der Waals surface area contributed by atoms with E-state index in [4.69, 9.17) is 2.74 Å². The van der Waals surface area contributed by atoms with Gasteiger partial charge in [0.15, 0.2) is 0 Å². The summed E-state index contributed by atoms with van der Waals surface area (Å²) in [5, 5.41) is 7.09. The molecule has 0 fully saturated rings. The topological polar surface area (TPSA) is 0 Å². The van der Waals surface area contributed by atoms with Crippen LogP contribution in [-0.4, -0.2) is 0 Å². The summed E-state index contributed by atoms with van der Waals surface area (Å²) >= 11 is 0. The molecule has 0 heteroatoms. The van der Waals surface area contributed by atoms with Gasteiger partial charge in [0.25, 0.3) is 0 Å². The Kier molecular flexibility index (Phi) is 5.14. The molecule has 0 amide bonds. The first kappa shape index (κ1) is 22.2. The third-order valence-electron chi connectivity index (χ3n) is 9.87. The van der Waals surface area contributed by atoms with Gasteiger partial charge in [0.1, 0.15) is 0 Å². The van der Waals surface area contributed by atoms with Crippen molar-refractivity contribution in [3.05, 3.63) is 194 Å². The van der Waals surface area contributed by atoms with Crippen LogP contribution < -0.4 is 0 Å². The van der Waals surface area contributed by atoms with Gasteiger partial charge in [-0.3, -0.25) is 0 Å². The summed E-state index contributed by atoms with van der Waals surface area (Å²) < 4.78 is 66.3. The maximum atomic E-state index is 10.1. The van der Waals surface area contributed by atoms with Gasteiger partial charge in [-0.2, -0.15) is 0 Å². The van der Waals surface area contributed by atoms with E-state index in [0.29, 0.717) is 44.2 Å². The van der Waals surface area contributed by atoms with Crippen LogP contribution in [0.25, 0.3) is 98.4 Å². The first-order chi connectivity index (χ1) is 27.7. The zero-order valence-corrected chi connectivity index (χ0v) is 26.9. The normalized spacial score (nSPS) is 13.6. The van der Waals surface area contributed by atoms with Crippen molar-refractivity contribution in [1.82, 2.24) is 0 Å². The summed E-state index contributed by atoms with van der Waals surface area (Å²) in [6.45, 7) is 0. The van der Waals surface area contributed by atoms with E-state index in [9.17, 15) is 6.85 Å². The minimum absolute atomic E-state index is 0.0202. The zero-order valence-electron chi connectivity index (χ0n) is 33.9. The first-order valence-corrected chi connectivity index (χ1v) is 16.8. The van der Waals surface area contributed by atoms with E-state index in [2.05, 4.69) is 24.3 Å². The Morgan fingerprint density at radius 2 is 0.800 bits per heavy atom. The molecule has 0 radical (unpaired) electrons. The monoisotopic (exact) mass is 639 g/mol. The van der Waals surface area contributed by atoms with Crippen molar-refractivity contribution in [3.8, 4) is 44.5 Å².